The fourth-order valence-corrected chi connectivity index (χ4v) is 2.70. The van der Waals surface area contributed by atoms with Gasteiger partial charge in [0, 0.05) is 20.0 Å². The minimum absolute atomic E-state index is 0.232. The molecule has 0 spiro atoms. The van der Waals surface area contributed by atoms with Crippen LogP contribution >= 0.6 is 0 Å². The van der Waals surface area contributed by atoms with Crippen LogP contribution in [0.3, 0.4) is 0 Å². The fraction of sp³-hybridized carbons (Fsp3) is 0.588. The Balaban J connectivity index is 1.76. The van der Waals surface area contributed by atoms with Crippen molar-refractivity contribution in [1.82, 2.24) is 10.2 Å². The van der Waals surface area contributed by atoms with Crippen LogP contribution in [-0.2, 0) is 11.3 Å². The Hall–Kier alpha value is -1.55. The molecule has 1 heterocycles. The maximum absolute atomic E-state index is 12.2. The second-order valence-electron chi connectivity index (χ2n) is 5.72. The average Bonchev–Trinajstić information content (AvgIpc) is 3.00. The number of amides is 1. The molecule has 1 aromatic rings. The average molecular weight is 290 g/mol. The molecule has 0 saturated carbocycles. The lowest BCUT2D eigenvalue weighted by Crippen LogP contribution is -2.26. The van der Waals surface area contributed by atoms with Gasteiger partial charge in [0.15, 0.2) is 0 Å². The summed E-state index contributed by atoms with van der Waals surface area (Å²) in [5.74, 6) is 1.78. The maximum atomic E-state index is 12.2. The van der Waals surface area contributed by atoms with Crippen molar-refractivity contribution in [3.05, 3.63) is 29.8 Å². The summed E-state index contributed by atoms with van der Waals surface area (Å²) in [6.07, 6.45) is 2.86. The van der Waals surface area contributed by atoms with Crippen molar-refractivity contribution in [2.45, 2.75) is 32.7 Å². The SMILES string of the molecule is CCOc1ccc(CN(C)C(=O)CCC2CCNC2)cc1. The Morgan fingerprint density at radius 3 is 2.76 bits per heavy atom. The number of benzene rings is 1. The molecule has 1 fully saturated rings. The van der Waals surface area contributed by atoms with E-state index in [0.717, 1.165) is 30.8 Å². The molecule has 1 aliphatic rings. The van der Waals surface area contributed by atoms with E-state index in [9.17, 15) is 4.79 Å². The predicted octanol–water partition coefficient (Wildman–Crippen LogP) is 2.43. The van der Waals surface area contributed by atoms with Crippen molar-refractivity contribution < 1.29 is 9.53 Å². The van der Waals surface area contributed by atoms with E-state index in [1.54, 1.807) is 0 Å². The Morgan fingerprint density at radius 2 is 2.14 bits per heavy atom. The van der Waals surface area contributed by atoms with E-state index in [1.807, 2.05) is 43.1 Å². The first kappa shape index (κ1) is 15.8. The van der Waals surface area contributed by atoms with Crippen molar-refractivity contribution in [3.8, 4) is 5.75 Å². The van der Waals surface area contributed by atoms with Crippen molar-refractivity contribution in [2.24, 2.45) is 5.92 Å². The van der Waals surface area contributed by atoms with Gasteiger partial charge in [-0.3, -0.25) is 4.79 Å². The standard InChI is InChI=1S/C17H26N2O2/c1-3-21-16-7-4-15(5-8-16)13-19(2)17(20)9-6-14-10-11-18-12-14/h4-5,7-8,14,18H,3,6,9-13H2,1-2H3. The minimum Gasteiger partial charge on any atom is -0.494 e. The lowest BCUT2D eigenvalue weighted by atomic mass is 10.0. The number of carbonyl (C=O) groups is 1. The fourth-order valence-electron chi connectivity index (χ4n) is 2.70. The topological polar surface area (TPSA) is 41.6 Å². The zero-order valence-electron chi connectivity index (χ0n) is 13.1. The van der Waals surface area contributed by atoms with Crippen LogP contribution in [0.15, 0.2) is 24.3 Å². The van der Waals surface area contributed by atoms with E-state index in [0.29, 0.717) is 25.5 Å². The van der Waals surface area contributed by atoms with Crippen molar-refractivity contribution >= 4 is 5.91 Å². The van der Waals surface area contributed by atoms with Gasteiger partial charge in [0.25, 0.3) is 0 Å². The van der Waals surface area contributed by atoms with E-state index < -0.39 is 0 Å². The zero-order valence-corrected chi connectivity index (χ0v) is 13.1. The minimum atomic E-state index is 0.232. The third-order valence-electron chi connectivity index (χ3n) is 4.01. The molecular weight excluding hydrogens is 264 g/mol. The Morgan fingerprint density at radius 1 is 1.38 bits per heavy atom. The molecule has 1 aromatic carbocycles. The first-order chi connectivity index (χ1) is 10.2. The highest BCUT2D eigenvalue weighted by atomic mass is 16.5. The molecule has 21 heavy (non-hydrogen) atoms. The zero-order chi connectivity index (χ0) is 15.1. The third kappa shape index (κ3) is 5.05. The third-order valence-corrected chi connectivity index (χ3v) is 4.01. The van der Waals surface area contributed by atoms with E-state index in [4.69, 9.17) is 4.74 Å². The molecule has 4 heteroatoms. The normalized spacial score (nSPS) is 17.7. The summed E-state index contributed by atoms with van der Waals surface area (Å²) in [6, 6.07) is 7.97. The lowest BCUT2D eigenvalue weighted by Gasteiger charge is -2.18. The summed E-state index contributed by atoms with van der Waals surface area (Å²) >= 11 is 0. The molecule has 1 unspecified atom stereocenters. The van der Waals surface area contributed by atoms with Crippen molar-refractivity contribution in [3.63, 3.8) is 0 Å². The van der Waals surface area contributed by atoms with Gasteiger partial charge in [-0.2, -0.15) is 0 Å². The molecule has 116 valence electrons. The summed E-state index contributed by atoms with van der Waals surface area (Å²) in [4.78, 5) is 14.0. The molecular formula is C17H26N2O2. The molecule has 1 saturated heterocycles. The Bertz CT molecular complexity index is 439. The van der Waals surface area contributed by atoms with Crippen LogP contribution in [0.2, 0.25) is 0 Å². The molecule has 0 aromatic heterocycles. The van der Waals surface area contributed by atoms with E-state index >= 15 is 0 Å². The van der Waals surface area contributed by atoms with Gasteiger partial charge in [-0.1, -0.05) is 12.1 Å². The van der Waals surface area contributed by atoms with Gasteiger partial charge in [0.05, 0.1) is 6.61 Å². The summed E-state index contributed by atoms with van der Waals surface area (Å²) in [5.41, 5.74) is 1.14. The van der Waals surface area contributed by atoms with E-state index in [-0.39, 0.29) is 5.91 Å². The highest BCUT2D eigenvalue weighted by Crippen LogP contribution is 2.16. The number of rotatable bonds is 7. The van der Waals surface area contributed by atoms with Crippen LogP contribution in [0, 0.1) is 5.92 Å². The molecule has 0 radical (unpaired) electrons. The predicted molar refractivity (Wildman–Crippen MR) is 84.3 cm³/mol. The number of ether oxygens (including phenoxy) is 1. The summed E-state index contributed by atoms with van der Waals surface area (Å²) < 4.78 is 5.42. The number of hydrogen-bond donors (Lipinski definition) is 1. The molecule has 1 amide bonds. The Kier molecular flexibility index (Phi) is 6.05. The molecule has 2 rings (SSSR count). The molecule has 1 atom stereocenters. The van der Waals surface area contributed by atoms with Crippen LogP contribution in [0.4, 0.5) is 0 Å². The molecule has 0 aliphatic carbocycles. The molecule has 1 aliphatic heterocycles. The smallest absolute Gasteiger partial charge is 0.222 e. The van der Waals surface area contributed by atoms with Crippen molar-refractivity contribution in [1.29, 1.82) is 0 Å². The lowest BCUT2D eigenvalue weighted by molar-refractivity contribution is -0.130. The highest BCUT2D eigenvalue weighted by Gasteiger charge is 2.17. The second kappa shape index (κ2) is 8.03. The monoisotopic (exact) mass is 290 g/mol. The van der Waals surface area contributed by atoms with Crippen LogP contribution in [0.1, 0.15) is 31.7 Å². The second-order valence-corrected chi connectivity index (χ2v) is 5.72. The van der Waals surface area contributed by atoms with Crippen LogP contribution in [-0.4, -0.2) is 37.6 Å². The van der Waals surface area contributed by atoms with Gasteiger partial charge in [0.2, 0.25) is 5.91 Å². The van der Waals surface area contributed by atoms with E-state index in [2.05, 4.69) is 5.32 Å². The van der Waals surface area contributed by atoms with Gasteiger partial charge in [-0.25, -0.2) is 0 Å². The number of nitrogens with one attached hydrogen (secondary N) is 1. The quantitative estimate of drug-likeness (QED) is 0.838. The number of hydrogen-bond acceptors (Lipinski definition) is 3. The van der Waals surface area contributed by atoms with Crippen LogP contribution < -0.4 is 10.1 Å². The molecule has 1 N–H and O–H groups in total. The first-order valence-electron chi connectivity index (χ1n) is 7.85. The van der Waals surface area contributed by atoms with Gasteiger partial charge in [-0.05, 0) is 56.5 Å². The van der Waals surface area contributed by atoms with Gasteiger partial charge >= 0.3 is 0 Å². The van der Waals surface area contributed by atoms with Gasteiger partial charge in [0.1, 0.15) is 5.75 Å². The highest BCUT2D eigenvalue weighted by molar-refractivity contribution is 5.75. The van der Waals surface area contributed by atoms with Crippen molar-refractivity contribution in [2.75, 3.05) is 26.7 Å². The number of carbonyl (C=O) groups excluding carboxylic acids is 1. The first-order valence-corrected chi connectivity index (χ1v) is 7.85. The molecule has 4 nitrogen and oxygen atoms in total. The number of nitrogens with zero attached hydrogens (tertiary/aromatic N) is 1. The maximum Gasteiger partial charge on any atom is 0.222 e. The largest absolute Gasteiger partial charge is 0.494 e. The van der Waals surface area contributed by atoms with Gasteiger partial charge in [-0.15, -0.1) is 0 Å². The van der Waals surface area contributed by atoms with Gasteiger partial charge < -0.3 is 15.0 Å². The molecule has 0 bridgehead atoms. The Labute approximate surface area is 127 Å². The summed E-state index contributed by atoms with van der Waals surface area (Å²) in [6.45, 7) is 5.47. The summed E-state index contributed by atoms with van der Waals surface area (Å²) in [7, 11) is 1.88. The van der Waals surface area contributed by atoms with Crippen LogP contribution in [0.5, 0.6) is 5.75 Å². The van der Waals surface area contributed by atoms with Crippen LogP contribution in [0.25, 0.3) is 0 Å². The summed E-state index contributed by atoms with van der Waals surface area (Å²) in [5, 5.41) is 3.34. The van der Waals surface area contributed by atoms with E-state index in [1.165, 1.54) is 6.42 Å².